The van der Waals surface area contributed by atoms with Crippen LogP contribution in [0.3, 0.4) is 0 Å². The van der Waals surface area contributed by atoms with E-state index >= 15 is 0 Å². The molecule has 2 atom stereocenters. The van der Waals surface area contributed by atoms with Crippen molar-refractivity contribution in [3.63, 3.8) is 0 Å². The molecule has 2 rings (SSSR count). The zero-order valence-electron chi connectivity index (χ0n) is 9.83. The highest BCUT2D eigenvalue weighted by molar-refractivity contribution is 5.79. The van der Waals surface area contributed by atoms with Crippen molar-refractivity contribution in [1.82, 2.24) is 10.2 Å². The van der Waals surface area contributed by atoms with Gasteiger partial charge in [0.05, 0.1) is 5.92 Å². The van der Waals surface area contributed by atoms with Crippen LogP contribution < -0.4 is 5.32 Å². The molecule has 2 aliphatic rings. The number of nitrogens with one attached hydrogen (secondary N) is 1. The van der Waals surface area contributed by atoms with Crippen LogP contribution in [0.15, 0.2) is 0 Å². The molecule has 1 aliphatic heterocycles. The number of nitrogens with zero attached hydrogens (tertiary/aromatic N) is 1. The molecule has 0 aromatic carbocycles. The Hall–Kier alpha value is -0.570. The van der Waals surface area contributed by atoms with Crippen LogP contribution in [0.4, 0.5) is 0 Å². The van der Waals surface area contributed by atoms with Crippen molar-refractivity contribution in [3.05, 3.63) is 0 Å². The molecule has 2 unspecified atom stereocenters. The number of rotatable bonds is 4. The molecule has 3 heteroatoms. The smallest absolute Gasteiger partial charge is 0.227 e. The Morgan fingerprint density at radius 3 is 2.73 bits per heavy atom. The quantitative estimate of drug-likeness (QED) is 0.757. The normalized spacial score (nSPS) is 30.5. The highest BCUT2D eigenvalue weighted by Crippen LogP contribution is 2.30. The van der Waals surface area contributed by atoms with E-state index in [1.807, 2.05) is 11.9 Å². The van der Waals surface area contributed by atoms with E-state index in [1.165, 1.54) is 12.8 Å². The highest BCUT2D eigenvalue weighted by Gasteiger charge is 2.34. The average Bonchev–Trinajstić information content (AvgIpc) is 2.92. The third-order valence-corrected chi connectivity index (χ3v) is 3.71. The van der Waals surface area contributed by atoms with Gasteiger partial charge in [-0.2, -0.15) is 0 Å². The molecule has 1 amide bonds. The van der Waals surface area contributed by atoms with Gasteiger partial charge in [-0.15, -0.1) is 0 Å². The molecule has 0 radical (unpaired) electrons. The van der Waals surface area contributed by atoms with E-state index in [-0.39, 0.29) is 5.92 Å². The van der Waals surface area contributed by atoms with E-state index < -0.39 is 0 Å². The third-order valence-electron chi connectivity index (χ3n) is 3.71. The first kappa shape index (κ1) is 10.9. The largest absolute Gasteiger partial charge is 0.345 e. The van der Waals surface area contributed by atoms with E-state index in [0.29, 0.717) is 11.9 Å². The number of hydrogen-bond donors (Lipinski definition) is 1. The average molecular weight is 210 g/mol. The number of hydrogen-bond acceptors (Lipinski definition) is 2. The first-order valence-electron chi connectivity index (χ1n) is 6.20. The Kier molecular flexibility index (Phi) is 3.29. The maximum absolute atomic E-state index is 12.2. The minimum absolute atomic E-state index is 0.235. The maximum Gasteiger partial charge on any atom is 0.227 e. The second-order valence-corrected chi connectivity index (χ2v) is 5.03. The van der Waals surface area contributed by atoms with Crippen molar-refractivity contribution in [2.45, 2.75) is 38.6 Å². The van der Waals surface area contributed by atoms with E-state index in [9.17, 15) is 4.79 Å². The van der Waals surface area contributed by atoms with Gasteiger partial charge in [-0.25, -0.2) is 0 Å². The van der Waals surface area contributed by atoms with Gasteiger partial charge in [0.15, 0.2) is 0 Å². The summed E-state index contributed by atoms with van der Waals surface area (Å²) in [5, 5.41) is 3.41. The summed E-state index contributed by atoms with van der Waals surface area (Å²) in [5.41, 5.74) is 0. The van der Waals surface area contributed by atoms with Crippen LogP contribution in [0.1, 0.15) is 32.6 Å². The zero-order valence-corrected chi connectivity index (χ0v) is 9.83. The van der Waals surface area contributed by atoms with Crippen molar-refractivity contribution in [1.29, 1.82) is 0 Å². The minimum atomic E-state index is 0.235. The summed E-state index contributed by atoms with van der Waals surface area (Å²) in [6, 6.07) is 0.416. The molecular formula is C12H22N2O. The van der Waals surface area contributed by atoms with E-state index in [1.54, 1.807) is 0 Å². The van der Waals surface area contributed by atoms with Crippen molar-refractivity contribution in [2.75, 3.05) is 20.1 Å². The lowest BCUT2D eigenvalue weighted by Crippen LogP contribution is -2.39. The van der Waals surface area contributed by atoms with Crippen LogP contribution in [0.25, 0.3) is 0 Å². The lowest BCUT2D eigenvalue weighted by molar-refractivity contribution is -0.134. The van der Waals surface area contributed by atoms with Gasteiger partial charge in [-0.1, -0.05) is 6.92 Å². The molecule has 86 valence electrons. The predicted octanol–water partition coefficient (Wildman–Crippen LogP) is 1.24. The summed E-state index contributed by atoms with van der Waals surface area (Å²) >= 11 is 0. The van der Waals surface area contributed by atoms with Gasteiger partial charge in [-0.3, -0.25) is 4.79 Å². The molecule has 3 nitrogen and oxygen atoms in total. The Morgan fingerprint density at radius 2 is 2.13 bits per heavy atom. The van der Waals surface area contributed by atoms with Gasteiger partial charge in [-0.05, 0) is 38.1 Å². The summed E-state index contributed by atoms with van der Waals surface area (Å²) < 4.78 is 0. The van der Waals surface area contributed by atoms with E-state index in [4.69, 9.17) is 0 Å². The molecule has 2 fully saturated rings. The van der Waals surface area contributed by atoms with Crippen LogP contribution >= 0.6 is 0 Å². The maximum atomic E-state index is 12.2. The first-order chi connectivity index (χ1) is 7.22. The van der Waals surface area contributed by atoms with E-state index in [2.05, 4.69) is 12.2 Å². The Labute approximate surface area is 92.2 Å². The second-order valence-electron chi connectivity index (χ2n) is 5.03. The summed E-state index contributed by atoms with van der Waals surface area (Å²) in [4.78, 5) is 14.1. The fraction of sp³-hybridized carbons (Fsp3) is 0.917. The van der Waals surface area contributed by atoms with Gasteiger partial charge in [0.2, 0.25) is 5.91 Å². The summed E-state index contributed by atoms with van der Waals surface area (Å²) in [6.07, 6.45) is 4.72. The lowest BCUT2D eigenvalue weighted by atomic mass is 9.97. The molecule has 1 N–H and O–H groups in total. The molecule has 0 aromatic heterocycles. The van der Waals surface area contributed by atoms with Gasteiger partial charge in [0, 0.05) is 19.6 Å². The zero-order chi connectivity index (χ0) is 10.8. The fourth-order valence-corrected chi connectivity index (χ4v) is 2.55. The molecule has 15 heavy (non-hydrogen) atoms. The highest BCUT2D eigenvalue weighted by atomic mass is 16.2. The van der Waals surface area contributed by atoms with Gasteiger partial charge < -0.3 is 10.2 Å². The molecule has 1 aliphatic carbocycles. The SMILES string of the molecule is CCC1NCCC1C(=O)N(C)CC1CC1. The Morgan fingerprint density at radius 1 is 1.40 bits per heavy atom. The standard InChI is InChI=1S/C12H22N2O/c1-3-11-10(6-7-13-11)12(15)14(2)8-9-4-5-9/h9-11,13H,3-8H2,1-2H3. The Bertz CT molecular complexity index is 238. The second kappa shape index (κ2) is 4.52. The van der Waals surface area contributed by atoms with Gasteiger partial charge in [0.25, 0.3) is 0 Å². The third kappa shape index (κ3) is 2.51. The van der Waals surface area contributed by atoms with E-state index in [0.717, 1.165) is 31.8 Å². The molecule has 1 heterocycles. The predicted molar refractivity (Wildman–Crippen MR) is 60.5 cm³/mol. The monoisotopic (exact) mass is 210 g/mol. The summed E-state index contributed by atoms with van der Waals surface area (Å²) in [5.74, 6) is 1.39. The summed E-state index contributed by atoms with van der Waals surface area (Å²) in [7, 11) is 1.96. The summed E-state index contributed by atoms with van der Waals surface area (Å²) in [6.45, 7) is 4.14. The number of amides is 1. The lowest BCUT2D eigenvalue weighted by Gasteiger charge is -2.24. The van der Waals surface area contributed by atoms with Crippen LogP contribution in [0.2, 0.25) is 0 Å². The fourth-order valence-electron chi connectivity index (χ4n) is 2.55. The molecule has 0 bridgehead atoms. The van der Waals surface area contributed by atoms with Crippen molar-refractivity contribution in [2.24, 2.45) is 11.8 Å². The van der Waals surface area contributed by atoms with Crippen molar-refractivity contribution in [3.8, 4) is 0 Å². The molecular weight excluding hydrogens is 188 g/mol. The van der Waals surface area contributed by atoms with Crippen LogP contribution in [0.5, 0.6) is 0 Å². The molecule has 1 saturated heterocycles. The van der Waals surface area contributed by atoms with Crippen molar-refractivity contribution >= 4 is 5.91 Å². The van der Waals surface area contributed by atoms with Gasteiger partial charge in [0.1, 0.15) is 0 Å². The first-order valence-corrected chi connectivity index (χ1v) is 6.20. The molecule has 1 saturated carbocycles. The van der Waals surface area contributed by atoms with Crippen molar-refractivity contribution < 1.29 is 4.79 Å². The van der Waals surface area contributed by atoms with Crippen LogP contribution in [0, 0.1) is 11.8 Å². The topological polar surface area (TPSA) is 32.3 Å². The number of carbonyl (C=O) groups excluding carboxylic acids is 1. The minimum Gasteiger partial charge on any atom is -0.345 e. The Balaban J connectivity index is 1.87. The van der Waals surface area contributed by atoms with Gasteiger partial charge >= 0.3 is 0 Å². The molecule has 0 aromatic rings. The van der Waals surface area contributed by atoms with Crippen LogP contribution in [-0.4, -0.2) is 37.0 Å². The number of carbonyl (C=O) groups is 1. The molecule has 0 spiro atoms. The van der Waals surface area contributed by atoms with Crippen LogP contribution in [-0.2, 0) is 4.79 Å².